The van der Waals surface area contributed by atoms with E-state index in [9.17, 15) is 4.79 Å². The van der Waals surface area contributed by atoms with Crippen molar-refractivity contribution in [2.24, 2.45) is 0 Å². The Kier molecular flexibility index (Phi) is 7.15. The van der Waals surface area contributed by atoms with Gasteiger partial charge in [-0.3, -0.25) is 9.69 Å². The molecule has 0 aromatic heterocycles. The van der Waals surface area contributed by atoms with E-state index >= 15 is 0 Å². The van der Waals surface area contributed by atoms with E-state index in [0.29, 0.717) is 6.54 Å². The van der Waals surface area contributed by atoms with Crippen LogP contribution in [0.1, 0.15) is 25.0 Å². The van der Waals surface area contributed by atoms with Crippen LogP contribution in [0.4, 0.5) is 17.1 Å². The molecule has 3 rings (SSSR count). The van der Waals surface area contributed by atoms with E-state index in [-0.39, 0.29) is 5.91 Å². The number of hydrogen-bond acceptors (Lipinski definition) is 4. The fourth-order valence-corrected chi connectivity index (χ4v) is 3.97. The van der Waals surface area contributed by atoms with Crippen molar-refractivity contribution in [3.8, 4) is 0 Å². The zero-order valence-corrected chi connectivity index (χ0v) is 18.2. The summed E-state index contributed by atoms with van der Waals surface area (Å²) < 4.78 is 0. The molecule has 1 amide bonds. The number of nitrogens with one attached hydrogen (secondary N) is 1. The number of piperazine rings is 1. The quantitative estimate of drug-likeness (QED) is 0.773. The third kappa shape index (κ3) is 5.30. The number of benzene rings is 2. The van der Waals surface area contributed by atoms with Gasteiger partial charge in [0.2, 0.25) is 5.91 Å². The molecule has 0 aliphatic carbocycles. The Morgan fingerprint density at radius 2 is 1.62 bits per heavy atom. The van der Waals surface area contributed by atoms with Crippen LogP contribution in [0.25, 0.3) is 0 Å². The van der Waals surface area contributed by atoms with Gasteiger partial charge in [0.25, 0.3) is 0 Å². The highest BCUT2D eigenvalue weighted by atomic mass is 16.2. The van der Waals surface area contributed by atoms with Crippen molar-refractivity contribution < 1.29 is 4.79 Å². The van der Waals surface area contributed by atoms with Crippen LogP contribution >= 0.6 is 0 Å². The maximum Gasteiger partial charge on any atom is 0.238 e. The smallest absolute Gasteiger partial charge is 0.238 e. The highest BCUT2D eigenvalue weighted by molar-refractivity contribution is 5.92. The molecule has 0 saturated carbocycles. The topological polar surface area (TPSA) is 38.8 Å². The molecule has 156 valence electrons. The summed E-state index contributed by atoms with van der Waals surface area (Å²) in [6.45, 7) is 14.8. The summed E-state index contributed by atoms with van der Waals surface area (Å²) in [6.07, 6.45) is 0. The summed E-state index contributed by atoms with van der Waals surface area (Å²) in [7, 11) is 0. The Morgan fingerprint density at radius 3 is 2.24 bits per heavy atom. The van der Waals surface area contributed by atoms with E-state index in [2.05, 4.69) is 78.0 Å². The molecule has 1 heterocycles. The highest BCUT2D eigenvalue weighted by Gasteiger charge is 2.20. The lowest BCUT2D eigenvalue weighted by molar-refractivity contribution is -0.117. The molecule has 29 heavy (non-hydrogen) atoms. The number of rotatable bonds is 7. The first-order valence-corrected chi connectivity index (χ1v) is 10.7. The van der Waals surface area contributed by atoms with Crippen LogP contribution in [0.3, 0.4) is 0 Å². The van der Waals surface area contributed by atoms with Crippen molar-refractivity contribution in [2.75, 3.05) is 60.9 Å². The molecule has 0 atom stereocenters. The van der Waals surface area contributed by atoms with Crippen molar-refractivity contribution in [1.29, 1.82) is 0 Å². The molecule has 2 aromatic carbocycles. The number of hydrogen-bond donors (Lipinski definition) is 1. The second-order valence-corrected chi connectivity index (χ2v) is 7.75. The number of aryl methyl sites for hydroxylation is 1. The molecular weight excluding hydrogens is 360 g/mol. The van der Waals surface area contributed by atoms with Gasteiger partial charge in [-0.05, 0) is 69.2 Å². The van der Waals surface area contributed by atoms with Gasteiger partial charge in [-0.2, -0.15) is 0 Å². The van der Waals surface area contributed by atoms with Crippen molar-refractivity contribution in [2.45, 2.75) is 27.7 Å². The molecule has 5 heteroatoms. The molecule has 1 aliphatic heterocycles. The number of carbonyl (C=O) groups is 1. The van der Waals surface area contributed by atoms with E-state index in [1.165, 1.54) is 22.5 Å². The van der Waals surface area contributed by atoms with Crippen LogP contribution in [-0.2, 0) is 4.79 Å². The van der Waals surface area contributed by atoms with Crippen molar-refractivity contribution in [1.82, 2.24) is 4.90 Å². The minimum atomic E-state index is 0.0563. The summed E-state index contributed by atoms with van der Waals surface area (Å²) in [6, 6.07) is 14.6. The normalized spacial score (nSPS) is 14.7. The lowest BCUT2D eigenvalue weighted by atomic mass is 10.1. The first-order valence-electron chi connectivity index (χ1n) is 10.7. The lowest BCUT2D eigenvalue weighted by Crippen LogP contribution is -2.48. The van der Waals surface area contributed by atoms with Crippen LogP contribution in [0, 0.1) is 13.8 Å². The zero-order chi connectivity index (χ0) is 20.8. The summed E-state index contributed by atoms with van der Waals surface area (Å²) >= 11 is 0. The van der Waals surface area contributed by atoms with Gasteiger partial charge in [0.05, 0.1) is 6.54 Å². The molecule has 1 fully saturated rings. The van der Waals surface area contributed by atoms with Gasteiger partial charge in [-0.15, -0.1) is 0 Å². The Hall–Kier alpha value is -2.53. The molecule has 0 bridgehead atoms. The summed E-state index contributed by atoms with van der Waals surface area (Å²) in [5.41, 5.74) is 6.06. The Labute approximate surface area is 175 Å². The Morgan fingerprint density at radius 1 is 0.966 bits per heavy atom. The van der Waals surface area contributed by atoms with Crippen LogP contribution in [0.5, 0.6) is 0 Å². The van der Waals surface area contributed by atoms with E-state index in [4.69, 9.17) is 0 Å². The number of nitrogens with zero attached hydrogens (tertiary/aromatic N) is 3. The molecular formula is C24H34N4O. The second kappa shape index (κ2) is 9.79. The predicted octanol–water partition coefficient (Wildman–Crippen LogP) is 3.91. The van der Waals surface area contributed by atoms with Crippen molar-refractivity contribution in [3.05, 3.63) is 53.6 Å². The summed E-state index contributed by atoms with van der Waals surface area (Å²) in [5, 5.41) is 3.04. The van der Waals surface area contributed by atoms with Crippen molar-refractivity contribution >= 4 is 23.0 Å². The van der Waals surface area contributed by atoms with E-state index in [0.717, 1.165) is 45.0 Å². The fraction of sp³-hybridized carbons (Fsp3) is 0.458. The van der Waals surface area contributed by atoms with Gasteiger partial charge in [0.1, 0.15) is 0 Å². The van der Waals surface area contributed by atoms with E-state index in [1.54, 1.807) is 0 Å². The van der Waals surface area contributed by atoms with Crippen molar-refractivity contribution in [3.63, 3.8) is 0 Å². The van der Waals surface area contributed by atoms with Gasteiger partial charge in [0.15, 0.2) is 0 Å². The van der Waals surface area contributed by atoms with Gasteiger partial charge in [0, 0.05) is 56.3 Å². The predicted molar refractivity (Wildman–Crippen MR) is 123 cm³/mol. The average molecular weight is 395 g/mol. The van der Waals surface area contributed by atoms with Gasteiger partial charge < -0.3 is 15.1 Å². The largest absolute Gasteiger partial charge is 0.372 e. The molecule has 1 N–H and O–H groups in total. The third-order valence-corrected chi connectivity index (χ3v) is 5.94. The van der Waals surface area contributed by atoms with Crippen LogP contribution < -0.4 is 15.1 Å². The van der Waals surface area contributed by atoms with Gasteiger partial charge in [-0.25, -0.2) is 0 Å². The number of anilines is 3. The molecule has 0 spiro atoms. The second-order valence-electron chi connectivity index (χ2n) is 7.75. The summed E-state index contributed by atoms with van der Waals surface area (Å²) in [5.74, 6) is 0.0563. The SMILES string of the molecule is CCN(CC)c1ccc(NC(=O)CN2CCN(c3cccc(C)c3C)CC2)cc1. The minimum Gasteiger partial charge on any atom is -0.372 e. The first kappa shape index (κ1) is 21.2. The number of amides is 1. The maximum atomic E-state index is 12.5. The number of carbonyl (C=O) groups excluding carboxylic acids is 1. The molecule has 1 saturated heterocycles. The van der Waals surface area contributed by atoms with Crippen LogP contribution in [-0.4, -0.2) is 56.6 Å². The van der Waals surface area contributed by atoms with E-state index < -0.39 is 0 Å². The Bertz CT molecular complexity index is 806. The highest BCUT2D eigenvalue weighted by Crippen LogP contribution is 2.24. The van der Waals surface area contributed by atoms with Gasteiger partial charge >= 0.3 is 0 Å². The standard InChI is InChI=1S/C24H34N4O/c1-5-27(6-2)22-12-10-21(11-13-22)25-24(29)18-26-14-16-28(17-15-26)23-9-7-8-19(3)20(23)4/h7-13H,5-6,14-18H2,1-4H3,(H,25,29). The average Bonchev–Trinajstić information content (AvgIpc) is 2.73. The first-order chi connectivity index (χ1) is 14.0. The van der Waals surface area contributed by atoms with Crippen LogP contribution in [0.15, 0.2) is 42.5 Å². The third-order valence-electron chi connectivity index (χ3n) is 5.94. The monoisotopic (exact) mass is 394 g/mol. The van der Waals surface area contributed by atoms with E-state index in [1.807, 2.05) is 12.1 Å². The van der Waals surface area contributed by atoms with Gasteiger partial charge in [-0.1, -0.05) is 12.1 Å². The van der Waals surface area contributed by atoms with Crippen LogP contribution in [0.2, 0.25) is 0 Å². The lowest BCUT2D eigenvalue weighted by Gasteiger charge is -2.36. The fourth-order valence-electron chi connectivity index (χ4n) is 3.97. The summed E-state index contributed by atoms with van der Waals surface area (Å²) in [4.78, 5) is 19.4. The molecule has 0 radical (unpaired) electrons. The molecule has 0 unspecified atom stereocenters. The minimum absolute atomic E-state index is 0.0563. The maximum absolute atomic E-state index is 12.5. The molecule has 5 nitrogen and oxygen atoms in total. The molecule has 1 aliphatic rings. The Balaban J connectivity index is 1.49. The zero-order valence-electron chi connectivity index (χ0n) is 18.2. The molecule has 2 aromatic rings.